The highest BCUT2D eigenvalue weighted by Gasteiger charge is 2.05. The van der Waals surface area contributed by atoms with Crippen molar-refractivity contribution in [1.29, 1.82) is 0 Å². The van der Waals surface area contributed by atoms with Crippen molar-refractivity contribution < 1.29 is 12.6 Å². The summed E-state index contributed by atoms with van der Waals surface area (Å²) in [5, 5.41) is 0.961. The number of aryl methyl sites for hydroxylation is 1. The van der Waals surface area contributed by atoms with Gasteiger partial charge in [0.25, 0.3) is 10.1 Å². The number of rotatable bonds is 4. The third kappa shape index (κ3) is 3.63. The summed E-state index contributed by atoms with van der Waals surface area (Å²) in [5.41, 5.74) is 1.84. The van der Waals surface area contributed by atoms with Crippen LogP contribution in [0.15, 0.2) is 30.5 Å². The maximum Gasteiger partial charge on any atom is 0.264 e. The van der Waals surface area contributed by atoms with Gasteiger partial charge in [0.15, 0.2) is 0 Å². The Bertz CT molecular complexity index is 630. The Hall–Kier alpha value is -1.24. The van der Waals surface area contributed by atoms with Crippen LogP contribution < -0.4 is 0 Å². The highest BCUT2D eigenvalue weighted by Crippen LogP contribution is 2.24. The van der Waals surface area contributed by atoms with Crippen molar-refractivity contribution in [2.75, 3.05) is 6.26 Å². The first-order valence-corrected chi connectivity index (χ1v) is 7.93. The molecule has 0 aliphatic heterocycles. The molecular weight excluding hydrogens is 270 g/mol. The summed E-state index contributed by atoms with van der Waals surface area (Å²) in [6.45, 7) is 2.07. The van der Waals surface area contributed by atoms with Crippen LogP contribution in [0.4, 0.5) is 0 Å². The highest BCUT2D eigenvalue weighted by atomic mass is 32.2. The van der Waals surface area contributed by atoms with Gasteiger partial charge >= 0.3 is 0 Å². The summed E-state index contributed by atoms with van der Waals surface area (Å²) >= 11 is 1.63. The molecule has 1 heterocycles. The Kier molecular flexibility index (Phi) is 3.79. The summed E-state index contributed by atoms with van der Waals surface area (Å²) < 4.78 is 26.5. The summed E-state index contributed by atoms with van der Waals surface area (Å²) in [7, 11) is -3.39. The number of thiazole rings is 1. The molecule has 1 aromatic heterocycles. The van der Waals surface area contributed by atoms with Crippen LogP contribution in [0.1, 0.15) is 10.4 Å². The first kappa shape index (κ1) is 13.2. The van der Waals surface area contributed by atoms with Gasteiger partial charge < -0.3 is 0 Å². The van der Waals surface area contributed by atoms with E-state index in [1.165, 1.54) is 0 Å². The molecule has 0 aliphatic rings. The molecule has 2 rings (SSSR count). The van der Waals surface area contributed by atoms with Crippen LogP contribution in [0.3, 0.4) is 0 Å². The van der Waals surface area contributed by atoms with Crippen molar-refractivity contribution in [3.63, 3.8) is 0 Å². The van der Waals surface area contributed by atoms with Gasteiger partial charge in [-0.1, -0.05) is 24.3 Å². The summed E-state index contributed by atoms with van der Waals surface area (Å²) in [6.07, 6.45) is 2.88. The SMILES string of the molecule is Cc1cnc(-c2ccc(COS(C)(=O)=O)cc2)s1. The number of benzene rings is 1. The van der Waals surface area contributed by atoms with Crippen molar-refractivity contribution in [2.24, 2.45) is 0 Å². The molecule has 18 heavy (non-hydrogen) atoms. The molecule has 0 aliphatic carbocycles. The largest absolute Gasteiger partial charge is 0.265 e. The third-order valence-electron chi connectivity index (χ3n) is 2.26. The van der Waals surface area contributed by atoms with Crippen molar-refractivity contribution in [1.82, 2.24) is 4.98 Å². The molecule has 0 N–H and O–H groups in total. The Morgan fingerprint density at radius 1 is 1.28 bits per heavy atom. The molecule has 4 nitrogen and oxygen atoms in total. The van der Waals surface area contributed by atoms with Gasteiger partial charge in [0, 0.05) is 16.6 Å². The predicted octanol–water partition coefficient (Wildman–Crippen LogP) is 2.59. The quantitative estimate of drug-likeness (QED) is 0.809. The molecule has 1 aromatic carbocycles. The molecule has 0 bridgehead atoms. The maximum absolute atomic E-state index is 10.9. The third-order valence-corrected chi connectivity index (χ3v) is 3.77. The summed E-state index contributed by atoms with van der Waals surface area (Å²) in [5.74, 6) is 0. The average Bonchev–Trinajstić information content (AvgIpc) is 2.73. The number of aromatic nitrogens is 1. The minimum absolute atomic E-state index is 0.0655. The van der Waals surface area contributed by atoms with E-state index in [2.05, 4.69) is 4.98 Å². The van der Waals surface area contributed by atoms with Crippen LogP contribution in [0.5, 0.6) is 0 Å². The van der Waals surface area contributed by atoms with E-state index in [9.17, 15) is 8.42 Å². The molecule has 0 atom stereocenters. The molecule has 2 aromatic rings. The molecule has 0 unspecified atom stereocenters. The zero-order valence-corrected chi connectivity index (χ0v) is 11.7. The van der Waals surface area contributed by atoms with Crippen molar-refractivity contribution in [3.8, 4) is 10.6 Å². The van der Waals surface area contributed by atoms with Gasteiger partial charge in [0.1, 0.15) is 5.01 Å². The molecule has 0 fully saturated rings. The lowest BCUT2D eigenvalue weighted by molar-refractivity contribution is 0.312. The van der Waals surface area contributed by atoms with Crippen LogP contribution in [0.25, 0.3) is 10.6 Å². The van der Waals surface area contributed by atoms with Crippen LogP contribution in [-0.4, -0.2) is 19.7 Å². The molecule has 0 amide bonds. The van der Waals surface area contributed by atoms with Crippen LogP contribution >= 0.6 is 11.3 Å². The van der Waals surface area contributed by atoms with E-state index in [0.29, 0.717) is 0 Å². The zero-order valence-electron chi connectivity index (χ0n) is 10.1. The Morgan fingerprint density at radius 2 is 1.94 bits per heavy atom. The van der Waals surface area contributed by atoms with E-state index in [4.69, 9.17) is 4.18 Å². The average molecular weight is 283 g/mol. The topological polar surface area (TPSA) is 56.3 Å². The summed E-state index contributed by atoms with van der Waals surface area (Å²) in [6, 6.07) is 7.52. The Morgan fingerprint density at radius 3 is 2.44 bits per heavy atom. The lowest BCUT2D eigenvalue weighted by Crippen LogP contribution is -2.02. The number of hydrogen-bond donors (Lipinski definition) is 0. The second-order valence-corrected chi connectivity index (χ2v) is 6.82. The number of nitrogens with zero attached hydrogens (tertiary/aromatic N) is 1. The molecule has 0 radical (unpaired) electrons. The molecule has 0 saturated carbocycles. The minimum atomic E-state index is -3.39. The normalized spacial score (nSPS) is 11.7. The Balaban J connectivity index is 2.10. The predicted molar refractivity (Wildman–Crippen MR) is 71.9 cm³/mol. The molecule has 6 heteroatoms. The number of hydrogen-bond acceptors (Lipinski definition) is 5. The van der Waals surface area contributed by atoms with Gasteiger partial charge in [-0.15, -0.1) is 11.3 Å². The monoisotopic (exact) mass is 283 g/mol. The fraction of sp³-hybridized carbons (Fsp3) is 0.250. The van der Waals surface area contributed by atoms with Gasteiger partial charge in [-0.05, 0) is 12.5 Å². The molecular formula is C12H13NO3S2. The van der Waals surface area contributed by atoms with Crippen molar-refractivity contribution in [2.45, 2.75) is 13.5 Å². The van der Waals surface area contributed by atoms with Gasteiger partial charge in [0.05, 0.1) is 12.9 Å². The minimum Gasteiger partial charge on any atom is -0.265 e. The van der Waals surface area contributed by atoms with E-state index >= 15 is 0 Å². The van der Waals surface area contributed by atoms with E-state index < -0.39 is 10.1 Å². The van der Waals surface area contributed by atoms with Crippen molar-refractivity contribution >= 4 is 21.5 Å². The van der Waals surface area contributed by atoms with E-state index in [0.717, 1.165) is 27.3 Å². The fourth-order valence-electron chi connectivity index (χ4n) is 1.41. The standard InChI is InChI=1S/C12H13NO3S2/c1-9-7-13-12(17-9)11-5-3-10(4-6-11)8-16-18(2,14)15/h3-7H,8H2,1-2H3. The first-order chi connectivity index (χ1) is 8.44. The maximum atomic E-state index is 10.9. The van der Waals surface area contributed by atoms with Gasteiger partial charge in [-0.25, -0.2) is 4.98 Å². The van der Waals surface area contributed by atoms with Crippen LogP contribution in [-0.2, 0) is 20.9 Å². The van der Waals surface area contributed by atoms with E-state index in [-0.39, 0.29) is 6.61 Å². The lowest BCUT2D eigenvalue weighted by Gasteiger charge is -2.02. The van der Waals surface area contributed by atoms with Crippen LogP contribution in [0.2, 0.25) is 0 Å². The fourth-order valence-corrected chi connectivity index (χ4v) is 2.53. The molecule has 0 spiro atoms. The zero-order chi connectivity index (χ0) is 13.2. The van der Waals surface area contributed by atoms with Gasteiger partial charge in [-0.3, -0.25) is 4.18 Å². The second kappa shape index (κ2) is 5.17. The second-order valence-electron chi connectivity index (χ2n) is 3.94. The Labute approximate surface area is 110 Å². The first-order valence-electron chi connectivity index (χ1n) is 5.30. The molecule has 0 saturated heterocycles. The highest BCUT2D eigenvalue weighted by molar-refractivity contribution is 7.85. The smallest absolute Gasteiger partial charge is 0.264 e. The van der Waals surface area contributed by atoms with Gasteiger partial charge in [0.2, 0.25) is 0 Å². The van der Waals surface area contributed by atoms with E-state index in [1.807, 2.05) is 37.4 Å². The molecule has 96 valence electrons. The van der Waals surface area contributed by atoms with Gasteiger partial charge in [-0.2, -0.15) is 8.42 Å². The van der Waals surface area contributed by atoms with Crippen LogP contribution in [0, 0.1) is 6.92 Å². The lowest BCUT2D eigenvalue weighted by atomic mass is 10.1. The van der Waals surface area contributed by atoms with Crippen molar-refractivity contribution in [3.05, 3.63) is 40.9 Å². The summed E-state index contributed by atoms with van der Waals surface area (Å²) in [4.78, 5) is 5.45. The van der Waals surface area contributed by atoms with E-state index in [1.54, 1.807) is 11.3 Å².